The second-order valence-electron chi connectivity index (χ2n) is 4.08. The first-order valence-electron chi connectivity index (χ1n) is 5.32. The third-order valence-corrected chi connectivity index (χ3v) is 3.04. The van der Waals surface area contributed by atoms with Crippen LogP contribution in [0.15, 0.2) is 24.3 Å². The number of nitrogens with two attached hydrogens (primary N) is 1. The molecule has 1 amide bonds. The number of carbonyl (C=O) groups excluding carboxylic acids is 1. The molecule has 2 rings (SSSR count). The van der Waals surface area contributed by atoms with Crippen LogP contribution in [0.25, 0.3) is 0 Å². The van der Waals surface area contributed by atoms with Gasteiger partial charge in [-0.15, -0.1) is 0 Å². The van der Waals surface area contributed by atoms with Crippen LogP contribution in [0.2, 0.25) is 0 Å². The van der Waals surface area contributed by atoms with E-state index in [1.807, 2.05) is 31.2 Å². The number of hydrogen-bond acceptors (Lipinski definition) is 2. The molecular formula is C12H16N2O. The highest BCUT2D eigenvalue weighted by atomic mass is 16.2. The van der Waals surface area contributed by atoms with Gasteiger partial charge in [0.2, 0.25) is 5.91 Å². The van der Waals surface area contributed by atoms with Gasteiger partial charge in [0.25, 0.3) is 0 Å². The van der Waals surface area contributed by atoms with Gasteiger partial charge in [-0.3, -0.25) is 9.80 Å². The van der Waals surface area contributed by atoms with Gasteiger partial charge in [0.05, 0.1) is 5.92 Å². The highest BCUT2D eigenvalue weighted by molar-refractivity contribution is 5.84. The van der Waals surface area contributed by atoms with Crippen molar-refractivity contribution in [1.82, 2.24) is 5.01 Å². The molecule has 2 N–H and O–H groups in total. The third-order valence-electron chi connectivity index (χ3n) is 3.04. The quantitative estimate of drug-likeness (QED) is 0.557. The summed E-state index contributed by atoms with van der Waals surface area (Å²) in [5.41, 5.74) is 2.30. The molecule has 1 atom stereocenters. The minimum atomic E-state index is -0.0371. The third kappa shape index (κ3) is 1.88. The highest BCUT2D eigenvalue weighted by Gasteiger charge is 2.28. The molecule has 3 heteroatoms. The molecule has 0 radical (unpaired) electrons. The fourth-order valence-electron chi connectivity index (χ4n) is 2.17. The van der Waals surface area contributed by atoms with Gasteiger partial charge < -0.3 is 0 Å². The van der Waals surface area contributed by atoms with Crippen molar-refractivity contribution < 1.29 is 4.79 Å². The Morgan fingerprint density at radius 1 is 1.40 bits per heavy atom. The molecule has 80 valence electrons. The molecule has 0 saturated carbocycles. The van der Waals surface area contributed by atoms with Crippen molar-refractivity contribution in [3.05, 3.63) is 35.4 Å². The van der Waals surface area contributed by atoms with E-state index in [0.717, 1.165) is 18.4 Å². The number of piperidine rings is 1. The van der Waals surface area contributed by atoms with Gasteiger partial charge in [-0.2, -0.15) is 0 Å². The molecule has 1 aromatic rings. The van der Waals surface area contributed by atoms with Gasteiger partial charge >= 0.3 is 0 Å². The van der Waals surface area contributed by atoms with E-state index in [1.54, 1.807) is 0 Å². The lowest BCUT2D eigenvalue weighted by Crippen LogP contribution is -2.44. The number of rotatable bonds is 1. The molecule has 1 aliphatic rings. The van der Waals surface area contributed by atoms with Crippen LogP contribution >= 0.6 is 0 Å². The second kappa shape index (κ2) is 4.03. The zero-order valence-electron chi connectivity index (χ0n) is 8.94. The largest absolute Gasteiger partial charge is 0.280 e. The van der Waals surface area contributed by atoms with Gasteiger partial charge in [-0.1, -0.05) is 24.3 Å². The fourth-order valence-corrected chi connectivity index (χ4v) is 2.17. The van der Waals surface area contributed by atoms with Crippen LogP contribution in [0.1, 0.15) is 29.9 Å². The van der Waals surface area contributed by atoms with Crippen molar-refractivity contribution in [2.24, 2.45) is 5.84 Å². The van der Waals surface area contributed by atoms with E-state index in [2.05, 4.69) is 0 Å². The van der Waals surface area contributed by atoms with E-state index in [-0.39, 0.29) is 11.8 Å². The lowest BCUT2D eigenvalue weighted by molar-refractivity contribution is -0.135. The molecule has 1 unspecified atom stereocenters. The van der Waals surface area contributed by atoms with E-state index in [1.165, 1.54) is 10.6 Å². The summed E-state index contributed by atoms with van der Waals surface area (Å²) in [6, 6.07) is 8.03. The fraction of sp³-hybridized carbons (Fsp3) is 0.417. The first kappa shape index (κ1) is 10.2. The van der Waals surface area contributed by atoms with Crippen LogP contribution in [0.5, 0.6) is 0 Å². The van der Waals surface area contributed by atoms with Gasteiger partial charge in [-0.25, -0.2) is 5.84 Å². The summed E-state index contributed by atoms with van der Waals surface area (Å²) >= 11 is 0. The zero-order valence-corrected chi connectivity index (χ0v) is 8.94. The summed E-state index contributed by atoms with van der Waals surface area (Å²) in [4.78, 5) is 11.9. The molecule has 0 aromatic heterocycles. The smallest absolute Gasteiger partial charge is 0.244 e. The summed E-state index contributed by atoms with van der Waals surface area (Å²) in [5, 5.41) is 1.35. The Kier molecular flexibility index (Phi) is 2.73. The van der Waals surface area contributed by atoms with Crippen molar-refractivity contribution in [2.45, 2.75) is 25.7 Å². The van der Waals surface area contributed by atoms with E-state index < -0.39 is 0 Å². The summed E-state index contributed by atoms with van der Waals surface area (Å²) in [6.45, 7) is 2.72. The lowest BCUT2D eigenvalue weighted by Gasteiger charge is -2.29. The maximum absolute atomic E-state index is 11.9. The Bertz CT molecular complexity index is 376. The Hall–Kier alpha value is -1.35. The van der Waals surface area contributed by atoms with Gasteiger partial charge in [0, 0.05) is 6.54 Å². The topological polar surface area (TPSA) is 46.3 Å². The number of amides is 1. The molecule has 0 spiro atoms. The molecule has 1 aromatic carbocycles. The lowest BCUT2D eigenvalue weighted by atomic mass is 9.88. The predicted molar refractivity (Wildman–Crippen MR) is 59.1 cm³/mol. The van der Waals surface area contributed by atoms with E-state index in [0.29, 0.717) is 6.54 Å². The normalized spacial score (nSPS) is 21.9. The van der Waals surface area contributed by atoms with Gasteiger partial charge in [0.15, 0.2) is 0 Å². The molecule has 1 fully saturated rings. The number of nitrogens with zero attached hydrogens (tertiary/aromatic N) is 1. The Morgan fingerprint density at radius 2 is 2.13 bits per heavy atom. The van der Waals surface area contributed by atoms with Crippen LogP contribution in [0, 0.1) is 6.92 Å². The van der Waals surface area contributed by atoms with Crippen molar-refractivity contribution in [3.8, 4) is 0 Å². The van der Waals surface area contributed by atoms with Gasteiger partial charge in [-0.05, 0) is 30.9 Å². The summed E-state index contributed by atoms with van der Waals surface area (Å²) in [7, 11) is 0. The van der Waals surface area contributed by atoms with E-state index in [9.17, 15) is 4.79 Å². The predicted octanol–water partition coefficient (Wildman–Crippen LogP) is 1.57. The number of hydrogen-bond donors (Lipinski definition) is 1. The van der Waals surface area contributed by atoms with Gasteiger partial charge in [0.1, 0.15) is 0 Å². The molecule has 1 heterocycles. The van der Waals surface area contributed by atoms with Crippen LogP contribution < -0.4 is 5.84 Å². The average Bonchev–Trinajstić information content (AvgIpc) is 2.23. The highest BCUT2D eigenvalue weighted by Crippen LogP contribution is 2.28. The minimum Gasteiger partial charge on any atom is -0.280 e. The van der Waals surface area contributed by atoms with Crippen LogP contribution in [-0.4, -0.2) is 17.5 Å². The first-order chi connectivity index (χ1) is 7.20. The number of carbonyl (C=O) groups is 1. The summed E-state index contributed by atoms with van der Waals surface area (Å²) < 4.78 is 0. The monoisotopic (exact) mass is 204 g/mol. The molecular weight excluding hydrogens is 188 g/mol. The Labute approximate surface area is 89.8 Å². The molecule has 0 aliphatic carbocycles. The van der Waals surface area contributed by atoms with Crippen LogP contribution in [0.4, 0.5) is 0 Å². The Morgan fingerprint density at radius 3 is 2.87 bits per heavy atom. The van der Waals surface area contributed by atoms with E-state index in [4.69, 9.17) is 5.84 Å². The molecule has 0 bridgehead atoms. The van der Waals surface area contributed by atoms with Crippen molar-refractivity contribution in [2.75, 3.05) is 6.54 Å². The first-order valence-corrected chi connectivity index (χ1v) is 5.32. The molecule has 1 aliphatic heterocycles. The number of aryl methyl sites for hydroxylation is 1. The number of hydrazine groups is 1. The zero-order chi connectivity index (χ0) is 10.8. The van der Waals surface area contributed by atoms with Crippen molar-refractivity contribution in [3.63, 3.8) is 0 Å². The molecule has 1 saturated heterocycles. The standard InChI is InChI=1S/C12H16N2O/c1-9-5-2-3-6-10(9)11-7-4-8-14(13)12(11)15/h2-3,5-6,11H,4,7-8,13H2,1H3. The Balaban J connectivity index is 2.30. The van der Waals surface area contributed by atoms with Crippen LogP contribution in [0.3, 0.4) is 0 Å². The summed E-state index contributed by atoms with van der Waals surface area (Å²) in [5.74, 6) is 5.65. The minimum absolute atomic E-state index is 0.0371. The molecule has 3 nitrogen and oxygen atoms in total. The molecule has 15 heavy (non-hydrogen) atoms. The van der Waals surface area contributed by atoms with Crippen molar-refractivity contribution >= 4 is 5.91 Å². The SMILES string of the molecule is Cc1ccccc1C1CCCN(N)C1=O. The van der Waals surface area contributed by atoms with E-state index >= 15 is 0 Å². The maximum atomic E-state index is 11.9. The van der Waals surface area contributed by atoms with Crippen LogP contribution in [-0.2, 0) is 4.79 Å². The van der Waals surface area contributed by atoms with Crippen molar-refractivity contribution in [1.29, 1.82) is 0 Å². The second-order valence-corrected chi connectivity index (χ2v) is 4.08. The number of benzene rings is 1. The summed E-state index contributed by atoms with van der Waals surface area (Å²) in [6.07, 6.45) is 1.90. The average molecular weight is 204 g/mol. The maximum Gasteiger partial charge on any atom is 0.244 e.